The van der Waals surface area contributed by atoms with Gasteiger partial charge < -0.3 is 15.0 Å². The van der Waals surface area contributed by atoms with Crippen LogP contribution in [0, 0.1) is 5.82 Å². The Morgan fingerprint density at radius 3 is 2.84 bits per heavy atom. The van der Waals surface area contributed by atoms with Gasteiger partial charge in [0.2, 0.25) is 5.91 Å². The second-order valence-electron chi connectivity index (χ2n) is 4.72. The van der Waals surface area contributed by atoms with Gasteiger partial charge in [-0.25, -0.2) is 4.39 Å². The Morgan fingerprint density at radius 1 is 1.47 bits per heavy atom. The maximum atomic E-state index is 12.8. The molecule has 1 atom stereocenters. The van der Waals surface area contributed by atoms with E-state index >= 15 is 0 Å². The van der Waals surface area contributed by atoms with Crippen LogP contribution in [0.5, 0.6) is 0 Å². The zero-order chi connectivity index (χ0) is 13.7. The molecule has 0 spiro atoms. The van der Waals surface area contributed by atoms with Gasteiger partial charge in [-0.15, -0.1) is 0 Å². The first kappa shape index (κ1) is 14.0. The molecule has 4 nitrogen and oxygen atoms in total. The minimum Gasteiger partial charge on any atom is -0.378 e. The molecule has 0 aliphatic carbocycles. The second kappa shape index (κ2) is 6.63. The fourth-order valence-corrected chi connectivity index (χ4v) is 2.05. The number of amides is 1. The van der Waals surface area contributed by atoms with Crippen LogP contribution >= 0.6 is 0 Å². The van der Waals surface area contributed by atoms with Gasteiger partial charge in [0.1, 0.15) is 11.9 Å². The Balaban J connectivity index is 1.81. The summed E-state index contributed by atoms with van der Waals surface area (Å²) in [6, 6.07) is 6.12. The number of likely N-dealkylation sites (N-methyl/N-ethyl adjacent to an activating group) is 1. The van der Waals surface area contributed by atoms with E-state index in [1.807, 2.05) is 0 Å². The van der Waals surface area contributed by atoms with Crippen molar-refractivity contribution in [1.29, 1.82) is 0 Å². The highest BCUT2D eigenvalue weighted by molar-refractivity contribution is 5.81. The molecule has 1 saturated heterocycles. The first-order valence-corrected chi connectivity index (χ1v) is 6.47. The number of benzene rings is 1. The smallest absolute Gasteiger partial charge is 0.241 e. The van der Waals surface area contributed by atoms with E-state index in [0.29, 0.717) is 26.3 Å². The van der Waals surface area contributed by atoms with Crippen molar-refractivity contribution in [3.8, 4) is 0 Å². The number of hydrogen-bond donors (Lipinski definition) is 1. The van der Waals surface area contributed by atoms with Gasteiger partial charge in [0, 0.05) is 20.1 Å². The van der Waals surface area contributed by atoms with Crippen molar-refractivity contribution in [2.75, 3.05) is 33.4 Å². The third kappa shape index (κ3) is 4.01. The summed E-state index contributed by atoms with van der Waals surface area (Å²) in [5.74, 6) is -0.196. The van der Waals surface area contributed by atoms with E-state index in [-0.39, 0.29) is 17.8 Å². The molecule has 1 unspecified atom stereocenters. The Labute approximate surface area is 112 Å². The number of carbonyl (C=O) groups is 1. The summed E-state index contributed by atoms with van der Waals surface area (Å²) in [6.45, 7) is 2.41. The van der Waals surface area contributed by atoms with Gasteiger partial charge in [0.05, 0.1) is 13.2 Å². The minimum atomic E-state index is -0.244. The van der Waals surface area contributed by atoms with Crippen LogP contribution < -0.4 is 5.32 Å². The Morgan fingerprint density at radius 2 is 2.21 bits per heavy atom. The third-order valence-corrected chi connectivity index (χ3v) is 3.25. The number of ether oxygens (including phenoxy) is 1. The summed E-state index contributed by atoms with van der Waals surface area (Å²) in [5.41, 5.74) is 1.02. The Bertz CT molecular complexity index is 416. The maximum Gasteiger partial charge on any atom is 0.241 e. The SMILES string of the molecule is CN(CCc1ccc(F)cc1)C(=O)C1COCCN1. The summed E-state index contributed by atoms with van der Waals surface area (Å²) < 4.78 is 18.0. The molecule has 1 fully saturated rings. The molecule has 0 bridgehead atoms. The summed E-state index contributed by atoms with van der Waals surface area (Å²) in [6.07, 6.45) is 0.718. The van der Waals surface area contributed by atoms with Gasteiger partial charge in [0.15, 0.2) is 0 Å². The zero-order valence-corrected chi connectivity index (χ0v) is 11.1. The number of hydrogen-bond acceptors (Lipinski definition) is 3. The quantitative estimate of drug-likeness (QED) is 0.877. The summed E-state index contributed by atoms with van der Waals surface area (Å²) >= 11 is 0. The third-order valence-electron chi connectivity index (χ3n) is 3.25. The van der Waals surface area contributed by atoms with Crippen LogP contribution in [-0.2, 0) is 16.0 Å². The number of halogens is 1. The first-order valence-electron chi connectivity index (χ1n) is 6.47. The van der Waals surface area contributed by atoms with E-state index in [9.17, 15) is 9.18 Å². The van der Waals surface area contributed by atoms with Gasteiger partial charge in [0.25, 0.3) is 0 Å². The van der Waals surface area contributed by atoms with Gasteiger partial charge in [-0.2, -0.15) is 0 Å². The molecule has 1 N–H and O–H groups in total. The number of morpholine rings is 1. The van der Waals surface area contributed by atoms with Crippen LogP contribution in [0.1, 0.15) is 5.56 Å². The number of nitrogens with zero attached hydrogens (tertiary/aromatic N) is 1. The van der Waals surface area contributed by atoms with E-state index in [4.69, 9.17) is 4.74 Å². The minimum absolute atomic E-state index is 0.0433. The molecule has 1 aliphatic rings. The predicted octanol–water partition coefficient (Wildman–Crippen LogP) is 0.815. The number of nitrogens with one attached hydrogen (secondary N) is 1. The average molecular weight is 266 g/mol. The molecule has 0 aromatic heterocycles. The van der Waals surface area contributed by atoms with Crippen molar-refractivity contribution in [3.05, 3.63) is 35.6 Å². The van der Waals surface area contributed by atoms with Crippen molar-refractivity contribution in [1.82, 2.24) is 10.2 Å². The fraction of sp³-hybridized carbons (Fsp3) is 0.500. The Kier molecular flexibility index (Phi) is 4.87. The Hall–Kier alpha value is -1.46. The van der Waals surface area contributed by atoms with Crippen LogP contribution in [0.4, 0.5) is 4.39 Å². The van der Waals surface area contributed by atoms with Crippen molar-refractivity contribution < 1.29 is 13.9 Å². The fourth-order valence-electron chi connectivity index (χ4n) is 2.05. The topological polar surface area (TPSA) is 41.6 Å². The van der Waals surface area contributed by atoms with Gasteiger partial charge >= 0.3 is 0 Å². The molecule has 1 aromatic rings. The zero-order valence-electron chi connectivity index (χ0n) is 11.1. The molecule has 2 rings (SSSR count). The van der Waals surface area contributed by atoms with E-state index in [1.54, 1.807) is 24.1 Å². The van der Waals surface area contributed by atoms with E-state index in [1.165, 1.54) is 12.1 Å². The highest BCUT2D eigenvalue weighted by atomic mass is 19.1. The van der Waals surface area contributed by atoms with Crippen molar-refractivity contribution in [2.45, 2.75) is 12.5 Å². The van der Waals surface area contributed by atoms with Crippen molar-refractivity contribution >= 4 is 5.91 Å². The molecule has 0 radical (unpaired) electrons. The lowest BCUT2D eigenvalue weighted by atomic mass is 10.1. The van der Waals surface area contributed by atoms with Crippen LogP contribution in [0.15, 0.2) is 24.3 Å². The van der Waals surface area contributed by atoms with Crippen molar-refractivity contribution in [3.63, 3.8) is 0 Å². The monoisotopic (exact) mass is 266 g/mol. The predicted molar refractivity (Wildman–Crippen MR) is 70.4 cm³/mol. The standard InChI is InChI=1S/C14H19FN2O2/c1-17(14(18)13-10-19-9-7-16-13)8-6-11-2-4-12(15)5-3-11/h2-5,13,16H,6-10H2,1H3. The lowest BCUT2D eigenvalue weighted by Gasteiger charge is -2.27. The molecular weight excluding hydrogens is 247 g/mol. The molecule has 1 amide bonds. The average Bonchev–Trinajstić information content (AvgIpc) is 2.46. The molecule has 1 heterocycles. The normalized spacial score (nSPS) is 19.2. The molecule has 19 heavy (non-hydrogen) atoms. The molecular formula is C14H19FN2O2. The molecule has 104 valence electrons. The molecule has 1 aliphatic heterocycles. The van der Waals surface area contributed by atoms with Crippen LogP contribution in [-0.4, -0.2) is 50.2 Å². The lowest BCUT2D eigenvalue weighted by Crippen LogP contribution is -2.51. The number of carbonyl (C=O) groups excluding carboxylic acids is 1. The van der Waals surface area contributed by atoms with Gasteiger partial charge in [-0.1, -0.05) is 12.1 Å². The highest BCUT2D eigenvalue weighted by Crippen LogP contribution is 2.05. The highest BCUT2D eigenvalue weighted by Gasteiger charge is 2.23. The second-order valence-corrected chi connectivity index (χ2v) is 4.72. The van der Waals surface area contributed by atoms with Crippen LogP contribution in [0.3, 0.4) is 0 Å². The summed E-state index contributed by atoms with van der Waals surface area (Å²) in [4.78, 5) is 13.8. The van der Waals surface area contributed by atoms with Crippen molar-refractivity contribution in [2.24, 2.45) is 0 Å². The van der Waals surface area contributed by atoms with Crippen LogP contribution in [0.25, 0.3) is 0 Å². The summed E-state index contributed by atoms with van der Waals surface area (Å²) in [7, 11) is 1.78. The maximum absolute atomic E-state index is 12.8. The number of rotatable bonds is 4. The largest absolute Gasteiger partial charge is 0.378 e. The van der Waals surface area contributed by atoms with Crippen LogP contribution in [0.2, 0.25) is 0 Å². The first-order chi connectivity index (χ1) is 9.16. The van der Waals surface area contributed by atoms with E-state index in [2.05, 4.69) is 5.32 Å². The summed E-state index contributed by atoms with van der Waals surface area (Å²) in [5, 5.41) is 3.14. The lowest BCUT2D eigenvalue weighted by molar-refractivity contribution is -0.135. The van der Waals surface area contributed by atoms with E-state index < -0.39 is 0 Å². The molecule has 5 heteroatoms. The van der Waals surface area contributed by atoms with Gasteiger partial charge in [-0.05, 0) is 24.1 Å². The van der Waals surface area contributed by atoms with E-state index in [0.717, 1.165) is 12.0 Å². The molecule has 0 saturated carbocycles. The van der Waals surface area contributed by atoms with Gasteiger partial charge in [-0.3, -0.25) is 4.79 Å². The molecule has 1 aromatic carbocycles.